The van der Waals surface area contributed by atoms with Crippen molar-refractivity contribution >= 4 is 23.2 Å². The van der Waals surface area contributed by atoms with Gasteiger partial charge in [-0.05, 0) is 49.2 Å². The number of anilines is 1. The number of carbonyl (C=O) groups excluding carboxylic acids is 2. The molecule has 0 aromatic heterocycles. The molecule has 158 valence electrons. The van der Waals surface area contributed by atoms with E-state index in [0.29, 0.717) is 31.5 Å². The lowest BCUT2D eigenvalue weighted by atomic mass is 9.95. The van der Waals surface area contributed by atoms with Gasteiger partial charge in [0.25, 0.3) is 11.6 Å². The fourth-order valence-corrected chi connectivity index (χ4v) is 3.24. The van der Waals surface area contributed by atoms with Crippen LogP contribution in [0.15, 0.2) is 48.5 Å². The van der Waals surface area contributed by atoms with Crippen molar-refractivity contribution in [1.29, 1.82) is 0 Å². The number of piperidine rings is 1. The van der Waals surface area contributed by atoms with E-state index in [-0.39, 0.29) is 29.1 Å². The second-order valence-corrected chi connectivity index (χ2v) is 6.93. The molecule has 1 aliphatic rings. The minimum atomic E-state index is -4.44. The van der Waals surface area contributed by atoms with E-state index < -0.39 is 16.7 Å². The van der Waals surface area contributed by atoms with Gasteiger partial charge in [0, 0.05) is 42.4 Å². The molecule has 1 fully saturated rings. The number of hydrogen-bond donors (Lipinski definition) is 1. The molecule has 2 aromatic rings. The molecule has 1 aliphatic heterocycles. The van der Waals surface area contributed by atoms with E-state index in [2.05, 4.69) is 5.32 Å². The van der Waals surface area contributed by atoms with Crippen LogP contribution in [0, 0.1) is 16.0 Å². The van der Waals surface area contributed by atoms with Crippen molar-refractivity contribution in [1.82, 2.24) is 4.90 Å². The molecule has 2 aromatic carbocycles. The molecule has 0 saturated carbocycles. The number of alkyl halides is 3. The summed E-state index contributed by atoms with van der Waals surface area (Å²) in [5.74, 6) is -0.947. The number of nitro benzene ring substituents is 1. The summed E-state index contributed by atoms with van der Waals surface area (Å²) in [6, 6.07) is 9.52. The lowest BCUT2D eigenvalue weighted by molar-refractivity contribution is -0.384. The van der Waals surface area contributed by atoms with Crippen LogP contribution in [-0.4, -0.2) is 34.7 Å². The van der Waals surface area contributed by atoms with Gasteiger partial charge < -0.3 is 10.2 Å². The summed E-state index contributed by atoms with van der Waals surface area (Å²) < 4.78 is 37.8. The van der Waals surface area contributed by atoms with Crippen LogP contribution >= 0.6 is 0 Å². The smallest absolute Gasteiger partial charge is 0.339 e. The third kappa shape index (κ3) is 4.94. The van der Waals surface area contributed by atoms with Gasteiger partial charge in [0.15, 0.2) is 0 Å². The Balaban J connectivity index is 1.53. The number of halogens is 3. The zero-order valence-electron chi connectivity index (χ0n) is 15.7. The Hall–Kier alpha value is -3.43. The van der Waals surface area contributed by atoms with E-state index in [9.17, 15) is 32.9 Å². The van der Waals surface area contributed by atoms with E-state index >= 15 is 0 Å². The van der Waals surface area contributed by atoms with Gasteiger partial charge in [0.2, 0.25) is 5.91 Å². The lowest BCUT2D eigenvalue weighted by Crippen LogP contribution is -2.41. The third-order valence-electron chi connectivity index (χ3n) is 4.96. The topological polar surface area (TPSA) is 92.6 Å². The average Bonchev–Trinajstić information content (AvgIpc) is 2.73. The van der Waals surface area contributed by atoms with Gasteiger partial charge in [-0.1, -0.05) is 0 Å². The first-order valence-electron chi connectivity index (χ1n) is 9.17. The average molecular weight is 421 g/mol. The quantitative estimate of drug-likeness (QED) is 0.594. The molecule has 3 rings (SSSR count). The van der Waals surface area contributed by atoms with Crippen molar-refractivity contribution in [3.05, 3.63) is 69.8 Å². The number of nitrogens with zero attached hydrogens (tertiary/aromatic N) is 2. The number of carbonyl (C=O) groups is 2. The van der Waals surface area contributed by atoms with Crippen molar-refractivity contribution in [3.8, 4) is 0 Å². The summed E-state index contributed by atoms with van der Waals surface area (Å²) in [6.45, 7) is 0.668. The number of likely N-dealkylation sites (tertiary alicyclic amines) is 1. The van der Waals surface area contributed by atoms with Gasteiger partial charge in [0.1, 0.15) is 0 Å². The van der Waals surface area contributed by atoms with Gasteiger partial charge in [0.05, 0.1) is 10.5 Å². The Morgan fingerprint density at radius 1 is 1.00 bits per heavy atom. The van der Waals surface area contributed by atoms with Crippen LogP contribution in [0.25, 0.3) is 0 Å². The van der Waals surface area contributed by atoms with Crippen molar-refractivity contribution in [2.75, 3.05) is 18.4 Å². The van der Waals surface area contributed by atoms with Crippen molar-refractivity contribution in [2.24, 2.45) is 5.92 Å². The monoisotopic (exact) mass is 421 g/mol. The van der Waals surface area contributed by atoms with Crippen molar-refractivity contribution in [3.63, 3.8) is 0 Å². The SMILES string of the molecule is O=C(Nc1ccc(C(F)(F)F)cc1)C1CCN(C(=O)c2ccc([N+](=O)[O-])cc2)CC1. The Morgan fingerprint density at radius 2 is 1.57 bits per heavy atom. The van der Waals surface area contributed by atoms with E-state index in [1.54, 1.807) is 4.90 Å². The molecule has 0 unspecified atom stereocenters. The van der Waals surface area contributed by atoms with Crippen LogP contribution in [0.4, 0.5) is 24.5 Å². The van der Waals surface area contributed by atoms with Crippen molar-refractivity contribution < 1.29 is 27.7 Å². The number of amides is 2. The van der Waals surface area contributed by atoms with Crippen LogP contribution in [0.5, 0.6) is 0 Å². The predicted octanol–water partition coefficient (Wildman–Crippen LogP) is 4.10. The van der Waals surface area contributed by atoms with E-state index in [0.717, 1.165) is 12.1 Å². The summed E-state index contributed by atoms with van der Waals surface area (Å²) in [5, 5.41) is 13.3. The van der Waals surface area contributed by atoms with E-state index in [1.165, 1.54) is 36.4 Å². The zero-order chi connectivity index (χ0) is 21.9. The molecule has 0 bridgehead atoms. The fraction of sp³-hybridized carbons (Fsp3) is 0.300. The fourth-order valence-electron chi connectivity index (χ4n) is 3.24. The minimum Gasteiger partial charge on any atom is -0.339 e. The Labute approximate surface area is 169 Å². The first-order chi connectivity index (χ1) is 14.1. The summed E-state index contributed by atoms with van der Waals surface area (Å²) >= 11 is 0. The molecule has 10 heteroatoms. The Bertz CT molecular complexity index is 935. The van der Waals surface area contributed by atoms with E-state index in [4.69, 9.17) is 0 Å². The summed E-state index contributed by atoms with van der Waals surface area (Å²) in [5.41, 5.74) is -0.297. The van der Waals surface area contributed by atoms with Gasteiger partial charge in [-0.2, -0.15) is 13.2 Å². The first kappa shape index (κ1) is 21.3. The molecule has 0 atom stereocenters. The van der Waals surface area contributed by atoms with Crippen LogP contribution in [0.2, 0.25) is 0 Å². The zero-order valence-corrected chi connectivity index (χ0v) is 15.7. The molecule has 1 saturated heterocycles. The number of non-ortho nitro benzene ring substituents is 1. The standard InChI is InChI=1S/C20H18F3N3O4/c21-20(22,23)15-3-5-16(6-4-15)24-18(27)13-9-11-25(12-10-13)19(28)14-1-7-17(8-2-14)26(29)30/h1-8,13H,9-12H2,(H,24,27). The molecule has 7 nitrogen and oxygen atoms in total. The number of hydrogen-bond acceptors (Lipinski definition) is 4. The molecule has 30 heavy (non-hydrogen) atoms. The number of nitro groups is 1. The van der Waals surface area contributed by atoms with Crippen LogP contribution < -0.4 is 5.32 Å². The molecular formula is C20H18F3N3O4. The summed E-state index contributed by atoms with van der Waals surface area (Å²) in [7, 11) is 0. The van der Waals surface area contributed by atoms with E-state index in [1.807, 2.05) is 0 Å². The van der Waals surface area contributed by atoms with Crippen LogP contribution in [0.3, 0.4) is 0 Å². The highest BCUT2D eigenvalue weighted by molar-refractivity contribution is 5.95. The highest BCUT2D eigenvalue weighted by Gasteiger charge is 2.31. The normalized spacial score (nSPS) is 15.0. The molecule has 2 amide bonds. The maximum Gasteiger partial charge on any atom is 0.416 e. The summed E-state index contributed by atoms with van der Waals surface area (Å²) in [4.78, 5) is 36.6. The minimum absolute atomic E-state index is 0.106. The van der Waals surface area contributed by atoms with Gasteiger partial charge in [-0.15, -0.1) is 0 Å². The van der Waals surface area contributed by atoms with Gasteiger partial charge in [-0.25, -0.2) is 0 Å². The highest BCUT2D eigenvalue weighted by Crippen LogP contribution is 2.30. The largest absolute Gasteiger partial charge is 0.416 e. The van der Waals surface area contributed by atoms with Gasteiger partial charge >= 0.3 is 6.18 Å². The van der Waals surface area contributed by atoms with Gasteiger partial charge in [-0.3, -0.25) is 19.7 Å². The Kier molecular flexibility index (Phi) is 6.04. The number of rotatable bonds is 4. The summed E-state index contributed by atoms with van der Waals surface area (Å²) in [6.07, 6.45) is -3.62. The van der Waals surface area contributed by atoms with Crippen LogP contribution in [0.1, 0.15) is 28.8 Å². The molecule has 0 spiro atoms. The number of benzene rings is 2. The molecule has 0 aliphatic carbocycles. The molecule has 1 N–H and O–H groups in total. The first-order valence-corrected chi connectivity index (χ1v) is 9.17. The lowest BCUT2D eigenvalue weighted by Gasteiger charge is -2.31. The third-order valence-corrected chi connectivity index (χ3v) is 4.96. The molecular weight excluding hydrogens is 403 g/mol. The maximum atomic E-state index is 12.6. The molecule has 1 heterocycles. The predicted molar refractivity (Wildman–Crippen MR) is 102 cm³/mol. The van der Waals surface area contributed by atoms with Crippen molar-refractivity contribution in [2.45, 2.75) is 19.0 Å². The molecule has 0 radical (unpaired) electrons. The second kappa shape index (κ2) is 8.52. The second-order valence-electron chi connectivity index (χ2n) is 6.93. The maximum absolute atomic E-state index is 12.6. The highest BCUT2D eigenvalue weighted by atomic mass is 19.4. The Morgan fingerprint density at radius 3 is 2.07 bits per heavy atom. The van der Waals surface area contributed by atoms with Crippen LogP contribution in [-0.2, 0) is 11.0 Å². The number of nitrogens with one attached hydrogen (secondary N) is 1.